The minimum atomic E-state index is -0.490. The van der Waals surface area contributed by atoms with Crippen molar-refractivity contribution in [2.24, 2.45) is 5.92 Å². The number of benzene rings is 1. The molecular formula is C28H28N4O6S2. The lowest BCUT2D eigenvalue weighted by Gasteiger charge is -2.18. The first-order valence-corrected chi connectivity index (χ1v) is 14.3. The van der Waals surface area contributed by atoms with Crippen molar-refractivity contribution in [1.82, 2.24) is 9.55 Å². The highest BCUT2D eigenvalue weighted by molar-refractivity contribution is 7.20. The van der Waals surface area contributed by atoms with Crippen LogP contribution >= 0.6 is 22.7 Å². The Morgan fingerprint density at radius 1 is 1.15 bits per heavy atom. The van der Waals surface area contributed by atoms with Crippen LogP contribution in [-0.2, 0) is 28.9 Å². The molecule has 1 aromatic carbocycles. The molecule has 3 heterocycles. The van der Waals surface area contributed by atoms with Crippen LogP contribution in [0.25, 0.3) is 10.2 Å². The number of rotatable bonds is 7. The summed E-state index contributed by atoms with van der Waals surface area (Å²) in [6.45, 7) is 3.54. The Hall–Kier alpha value is -4.03. The summed E-state index contributed by atoms with van der Waals surface area (Å²) in [4.78, 5) is 58.2. The number of nitrogens with zero attached hydrogens (tertiary/aromatic N) is 2. The molecule has 5 rings (SSSR count). The number of carbonyl (C=O) groups is 3. The van der Waals surface area contributed by atoms with E-state index in [0.29, 0.717) is 43.2 Å². The van der Waals surface area contributed by atoms with Gasteiger partial charge in [-0.25, -0.2) is 9.78 Å². The number of nitrogens with one attached hydrogen (secondary N) is 2. The summed E-state index contributed by atoms with van der Waals surface area (Å²) in [7, 11) is 2.83. The molecule has 10 nitrogen and oxygen atoms in total. The highest BCUT2D eigenvalue weighted by atomic mass is 32.1. The molecule has 0 unspecified atom stereocenters. The van der Waals surface area contributed by atoms with Gasteiger partial charge in [-0.2, -0.15) is 0 Å². The second-order valence-corrected chi connectivity index (χ2v) is 11.8. The fourth-order valence-corrected chi connectivity index (χ4v) is 7.34. The highest BCUT2D eigenvalue weighted by Gasteiger charge is 2.29. The van der Waals surface area contributed by atoms with Crippen LogP contribution in [0.4, 0.5) is 10.7 Å². The maximum atomic E-state index is 13.4. The maximum absolute atomic E-state index is 13.4. The number of anilines is 2. The van der Waals surface area contributed by atoms with Gasteiger partial charge in [-0.05, 0) is 55.4 Å². The van der Waals surface area contributed by atoms with Gasteiger partial charge in [-0.1, -0.05) is 19.1 Å². The normalized spacial score (nSPS) is 14.4. The van der Waals surface area contributed by atoms with E-state index in [0.717, 1.165) is 41.0 Å². The minimum absolute atomic E-state index is 0.279. The lowest BCUT2D eigenvalue weighted by atomic mass is 9.88. The van der Waals surface area contributed by atoms with Crippen molar-refractivity contribution in [3.8, 4) is 5.75 Å². The zero-order chi connectivity index (χ0) is 28.6. The average molecular weight is 581 g/mol. The average Bonchev–Trinajstić information content (AvgIpc) is 3.46. The molecule has 3 aromatic heterocycles. The Morgan fingerprint density at radius 2 is 1.93 bits per heavy atom. The number of aromatic nitrogens is 2. The molecule has 2 N–H and O–H groups in total. The van der Waals surface area contributed by atoms with Crippen molar-refractivity contribution in [2.75, 3.05) is 24.9 Å². The van der Waals surface area contributed by atoms with Gasteiger partial charge in [0.05, 0.1) is 42.1 Å². The molecule has 4 aromatic rings. The Labute approximate surface area is 238 Å². The minimum Gasteiger partial charge on any atom is -0.495 e. The van der Waals surface area contributed by atoms with Gasteiger partial charge in [0.25, 0.3) is 11.5 Å². The van der Waals surface area contributed by atoms with E-state index < -0.39 is 17.4 Å². The number of thiophene rings is 2. The second kappa shape index (κ2) is 11.2. The fraction of sp³-hybridized carbons (Fsp3) is 0.321. The van der Waals surface area contributed by atoms with Gasteiger partial charge in [-0.15, -0.1) is 22.7 Å². The van der Waals surface area contributed by atoms with E-state index in [1.54, 1.807) is 31.2 Å². The monoisotopic (exact) mass is 580 g/mol. The van der Waals surface area contributed by atoms with Crippen LogP contribution in [0.5, 0.6) is 5.75 Å². The molecule has 1 aliphatic rings. The largest absolute Gasteiger partial charge is 0.495 e. The summed E-state index contributed by atoms with van der Waals surface area (Å²) in [6.07, 6.45) is 3.84. The SMILES string of the molecule is COC(=O)c1c(NC(=O)Cn2cnc3sc(C(=O)Nc4ccccc4OC)c(C)c3c2=O)sc2c1CC[C@@H](C)C2. The summed E-state index contributed by atoms with van der Waals surface area (Å²) in [6, 6.07) is 7.03. The molecule has 0 saturated carbocycles. The van der Waals surface area contributed by atoms with E-state index in [2.05, 4.69) is 22.5 Å². The number of ether oxygens (including phenoxy) is 2. The van der Waals surface area contributed by atoms with Gasteiger partial charge in [0, 0.05) is 4.88 Å². The van der Waals surface area contributed by atoms with Crippen LogP contribution in [0.15, 0.2) is 35.4 Å². The number of fused-ring (bicyclic) bond motifs is 2. The number of esters is 1. The van der Waals surface area contributed by atoms with E-state index in [1.807, 2.05) is 0 Å². The van der Waals surface area contributed by atoms with Crippen LogP contribution in [0.3, 0.4) is 0 Å². The Kier molecular flexibility index (Phi) is 7.72. The lowest BCUT2D eigenvalue weighted by molar-refractivity contribution is -0.116. The smallest absolute Gasteiger partial charge is 0.341 e. The standard InChI is InChI=1S/C28H28N4O6S2/c1-14-9-10-16-19(11-14)39-26(22(16)28(36)38-4)31-20(33)12-32-13-29-25-21(27(32)35)15(2)23(40-25)24(34)30-17-7-5-6-8-18(17)37-3/h5-8,13-14H,9-12H2,1-4H3,(H,30,34)(H,31,33)/t14-/m1/s1. The molecule has 0 bridgehead atoms. The summed E-state index contributed by atoms with van der Waals surface area (Å²) < 4.78 is 11.5. The number of methoxy groups -OCH3 is 2. The predicted molar refractivity (Wildman–Crippen MR) is 155 cm³/mol. The number of hydrogen-bond donors (Lipinski definition) is 2. The van der Waals surface area contributed by atoms with Crippen LogP contribution in [0.1, 0.15) is 49.4 Å². The maximum Gasteiger partial charge on any atom is 0.341 e. The third-order valence-electron chi connectivity index (χ3n) is 6.95. The van der Waals surface area contributed by atoms with Gasteiger partial charge in [0.2, 0.25) is 5.91 Å². The Bertz CT molecular complexity index is 1700. The summed E-state index contributed by atoms with van der Waals surface area (Å²) in [5.41, 5.74) is 1.87. The van der Waals surface area contributed by atoms with E-state index in [9.17, 15) is 19.2 Å². The number of para-hydroxylation sites is 2. The second-order valence-electron chi connectivity index (χ2n) is 9.66. The molecule has 1 aliphatic carbocycles. The zero-order valence-electron chi connectivity index (χ0n) is 22.5. The Balaban J connectivity index is 1.39. The molecular weight excluding hydrogens is 552 g/mol. The van der Waals surface area contributed by atoms with Crippen molar-refractivity contribution in [3.05, 3.63) is 67.4 Å². The van der Waals surface area contributed by atoms with Crippen LogP contribution in [-0.4, -0.2) is 41.6 Å². The predicted octanol–water partition coefficient (Wildman–Crippen LogP) is 4.64. The summed E-state index contributed by atoms with van der Waals surface area (Å²) in [5.74, 6) is -0.345. The highest BCUT2D eigenvalue weighted by Crippen LogP contribution is 2.40. The third-order valence-corrected chi connectivity index (χ3v) is 9.32. The number of amides is 2. The van der Waals surface area contributed by atoms with Crippen molar-refractivity contribution in [1.29, 1.82) is 0 Å². The van der Waals surface area contributed by atoms with Crippen molar-refractivity contribution in [3.63, 3.8) is 0 Å². The van der Waals surface area contributed by atoms with Crippen molar-refractivity contribution >= 4 is 61.4 Å². The Morgan fingerprint density at radius 3 is 2.67 bits per heavy atom. The third kappa shape index (κ3) is 5.11. The first-order chi connectivity index (χ1) is 19.2. The van der Waals surface area contributed by atoms with Crippen molar-refractivity contribution in [2.45, 2.75) is 39.7 Å². The lowest BCUT2D eigenvalue weighted by Crippen LogP contribution is -2.28. The van der Waals surface area contributed by atoms with Gasteiger partial charge in [-0.3, -0.25) is 19.0 Å². The first kappa shape index (κ1) is 27.5. The fourth-order valence-electron chi connectivity index (χ4n) is 4.89. The van der Waals surface area contributed by atoms with Gasteiger partial charge >= 0.3 is 5.97 Å². The van der Waals surface area contributed by atoms with Crippen molar-refractivity contribution < 1.29 is 23.9 Å². The molecule has 0 fully saturated rings. The molecule has 208 valence electrons. The molecule has 1 atom stereocenters. The zero-order valence-corrected chi connectivity index (χ0v) is 24.1. The van der Waals surface area contributed by atoms with Gasteiger partial charge < -0.3 is 20.1 Å². The summed E-state index contributed by atoms with van der Waals surface area (Å²) >= 11 is 2.48. The molecule has 0 radical (unpaired) electrons. The molecule has 40 heavy (non-hydrogen) atoms. The number of aryl methyl sites for hydroxylation is 1. The van der Waals surface area contributed by atoms with Gasteiger partial charge in [0.1, 0.15) is 22.1 Å². The topological polar surface area (TPSA) is 129 Å². The molecule has 2 amide bonds. The van der Waals surface area contributed by atoms with E-state index >= 15 is 0 Å². The van der Waals surface area contributed by atoms with E-state index in [1.165, 1.54) is 36.5 Å². The molecule has 12 heteroatoms. The molecule has 0 saturated heterocycles. The molecule has 0 spiro atoms. The van der Waals surface area contributed by atoms with E-state index in [4.69, 9.17) is 9.47 Å². The molecule has 0 aliphatic heterocycles. The van der Waals surface area contributed by atoms with Crippen LogP contribution in [0, 0.1) is 12.8 Å². The van der Waals surface area contributed by atoms with Gasteiger partial charge in [0.15, 0.2) is 0 Å². The first-order valence-electron chi connectivity index (χ1n) is 12.7. The van der Waals surface area contributed by atoms with E-state index in [-0.39, 0.29) is 17.8 Å². The number of hydrogen-bond acceptors (Lipinski definition) is 9. The number of carbonyl (C=O) groups excluding carboxylic acids is 3. The summed E-state index contributed by atoms with van der Waals surface area (Å²) in [5, 5.41) is 6.35. The quantitative estimate of drug-likeness (QED) is 0.305. The van der Waals surface area contributed by atoms with Crippen LogP contribution in [0.2, 0.25) is 0 Å². The van der Waals surface area contributed by atoms with Crippen LogP contribution < -0.4 is 20.9 Å².